The van der Waals surface area contributed by atoms with Crippen molar-refractivity contribution >= 4 is 39.3 Å². The molecule has 1 amide bonds. The topological polar surface area (TPSA) is 46.9 Å². The van der Waals surface area contributed by atoms with Gasteiger partial charge in [0.15, 0.2) is 5.16 Å². The summed E-state index contributed by atoms with van der Waals surface area (Å²) in [7, 11) is 0. The summed E-state index contributed by atoms with van der Waals surface area (Å²) in [6.45, 7) is 4.91. The molecule has 3 rings (SSSR count). The Morgan fingerprint density at radius 1 is 1.15 bits per heavy atom. The van der Waals surface area contributed by atoms with Crippen LogP contribution in [0.3, 0.4) is 0 Å². The predicted octanol–water partition coefficient (Wildman–Crippen LogP) is 5.37. The zero-order chi connectivity index (χ0) is 18.5. The van der Waals surface area contributed by atoms with Gasteiger partial charge in [0.25, 0.3) is 0 Å². The Labute approximate surface area is 166 Å². The first-order valence-electron chi connectivity index (χ1n) is 8.37. The molecule has 0 bridgehead atoms. The summed E-state index contributed by atoms with van der Waals surface area (Å²) in [5, 5.41) is 3.77. The normalized spacial score (nSPS) is 10.7. The Balaban J connectivity index is 1.67. The highest BCUT2D eigenvalue weighted by Crippen LogP contribution is 2.27. The zero-order valence-corrected chi connectivity index (χ0v) is 17.1. The van der Waals surface area contributed by atoms with Gasteiger partial charge in [0.05, 0.1) is 17.6 Å². The van der Waals surface area contributed by atoms with Gasteiger partial charge in [-0.05, 0) is 43.7 Å². The summed E-state index contributed by atoms with van der Waals surface area (Å²) in [4.78, 5) is 16.7. The van der Waals surface area contributed by atoms with E-state index in [4.69, 9.17) is 0 Å². The first-order valence-corrected chi connectivity index (χ1v) is 10.2. The Kier molecular flexibility index (Phi) is 6.16. The number of aryl methyl sites for hydroxylation is 1. The highest BCUT2D eigenvalue weighted by Gasteiger charge is 2.13. The molecule has 1 heterocycles. The summed E-state index contributed by atoms with van der Waals surface area (Å²) in [5.74, 6) is 0.291. The second kappa shape index (κ2) is 8.56. The number of amides is 1. The fourth-order valence-electron chi connectivity index (χ4n) is 2.59. The number of carbonyl (C=O) groups excluding carboxylic acids is 1. The number of hydrogen-bond acceptors (Lipinski definition) is 3. The Morgan fingerprint density at radius 3 is 2.50 bits per heavy atom. The van der Waals surface area contributed by atoms with Gasteiger partial charge in [-0.2, -0.15) is 0 Å². The minimum atomic E-state index is -0.0327. The average molecular weight is 430 g/mol. The van der Waals surface area contributed by atoms with Crippen LogP contribution in [0.4, 0.5) is 5.69 Å². The third-order valence-electron chi connectivity index (χ3n) is 3.94. The lowest BCUT2D eigenvalue weighted by atomic mass is 10.2. The van der Waals surface area contributed by atoms with Gasteiger partial charge in [-0.1, -0.05) is 57.5 Å². The maximum absolute atomic E-state index is 12.2. The van der Waals surface area contributed by atoms with Gasteiger partial charge in [0.2, 0.25) is 5.91 Å². The molecule has 26 heavy (non-hydrogen) atoms. The second-order valence-corrected chi connectivity index (χ2v) is 7.74. The maximum atomic E-state index is 12.2. The zero-order valence-electron chi connectivity index (χ0n) is 14.7. The smallest absolute Gasteiger partial charge is 0.234 e. The van der Waals surface area contributed by atoms with Crippen LogP contribution < -0.4 is 5.32 Å². The van der Waals surface area contributed by atoms with Crippen molar-refractivity contribution in [1.29, 1.82) is 0 Å². The van der Waals surface area contributed by atoms with Crippen LogP contribution in [0.25, 0.3) is 11.3 Å². The first kappa shape index (κ1) is 18.7. The standard InChI is InChI=1S/C20H20BrN3OS/c1-3-24-18(15-6-8-16(21)9-7-15)12-22-20(24)26-13-19(25)23-17-10-4-14(2)5-11-17/h4-12H,3,13H2,1-2H3,(H,23,25). The maximum Gasteiger partial charge on any atom is 0.234 e. The highest BCUT2D eigenvalue weighted by molar-refractivity contribution is 9.10. The number of nitrogens with one attached hydrogen (secondary N) is 1. The summed E-state index contributed by atoms with van der Waals surface area (Å²) in [6.07, 6.45) is 1.87. The SMILES string of the molecule is CCn1c(-c2ccc(Br)cc2)cnc1SCC(=O)Nc1ccc(C)cc1. The van der Waals surface area contributed by atoms with E-state index in [1.54, 1.807) is 0 Å². The molecular weight excluding hydrogens is 410 g/mol. The number of imidazole rings is 1. The number of thioether (sulfide) groups is 1. The van der Waals surface area contributed by atoms with E-state index < -0.39 is 0 Å². The van der Waals surface area contributed by atoms with Crippen LogP contribution in [0.5, 0.6) is 0 Å². The number of aromatic nitrogens is 2. The van der Waals surface area contributed by atoms with E-state index in [1.165, 1.54) is 17.3 Å². The van der Waals surface area contributed by atoms with Gasteiger partial charge in [0.1, 0.15) is 0 Å². The minimum absolute atomic E-state index is 0.0327. The van der Waals surface area contributed by atoms with Crippen molar-refractivity contribution in [2.45, 2.75) is 25.5 Å². The monoisotopic (exact) mass is 429 g/mol. The molecule has 0 saturated heterocycles. The van der Waals surface area contributed by atoms with Crippen molar-refractivity contribution in [3.05, 3.63) is 64.8 Å². The molecule has 6 heteroatoms. The van der Waals surface area contributed by atoms with Crippen molar-refractivity contribution in [3.63, 3.8) is 0 Å². The molecule has 134 valence electrons. The van der Waals surface area contributed by atoms with Gasteiger partial charge in [-0.15, -0.1) is 0 Å². The highest BCUT2D eigenvalue weighted by atomic mass is 79.9. The molecule has 1 N–H and O–H groups in total. The van der Waals surface area contributed by atoms with Crippen LogP contribution in [-0.4, -0.2) is 21.2 Å². The molecule has 0 aliphatic heterocycles. The fourth-order valence-corrected chi connectivity index (χ4v) is 3.70. The number of anilines is 1. The number of benzene rings is 2. The fraction of sp³-hybridized carbons (Fsp3) is 0.200. The van der Waals surface area contributed by atoms with Crippen LogP contribution in [0.2, 0.25) is 0 Å². The molecule has 0 unspecified atom stereocenters. The lowest BCUT2D eigenvalue weighted by molar-refractivity contribution is -0.113. The Morgan fingerprint density at radius 2 is 1.85 bits per heavy atom. The number of nitrogens with zero attached hydrogens (tertiary/aromatic N) is 2. The van der Waals surface area contributed by atoms with Gasteiger partial charge in [0, 0.05) is 16.7 Å². The Hall–Kier alpha value is -2.05. The van der Waals surface area contributed by atoms with Crippen LogP contribution in [0.1, 0.15) is 12.5 Å². The molecule has 0 saturated carbocycles. The molecule has 4 nitrogen and oxygen atoms in total. The average Bonchev–Trinajstić information content (AvgIpc) is 3.05. The first-order chi connectivity index (χ1) is 12.6. The lowest BCUT2D eigenvalue weighted by Gasteiger charge is -2.10. The van der Waals surface area contributed by atoms with E-state index in [0.29, 0.717) is 5.75 Å². The van der Waals surface area contributed by atoms with Gasteiger partial charge in [-0.3, -0.25) is 4.79 Å². The van der Waals surface area contributed by atoms with Crippen molar-refractivity contribution < 1.29 is 4.79 Å². The van der Waals surface area contributed by atoms with Gasteiger partial charge in [-0.25, -0.2) is 4.98 Å². The third-order valence-corrected chi connectivity index (χ3v) is 5.46. The molecule has 0 aliphatic carbocycles. The van der Waals surface area contributed by atoms with Crippen molar-refractivity contribution in [3.8, 4) is 11.3 Å². The second-order valence-electron chi connectivity index (χ2n) is 5.88. The van der Waals surface area contributed by atoms with E-state index in [0.717, 1.165) is 33.1 Å². The molecule has 1 aromatic heterocycles. The van der Waals surface area contributed by atoms with Crippen LogP contribution in [0.15, 0.2) is 64.4 Å². The van der Waals surface area contributed by atoms with Gasteiger partial charge < -0.3 is 9.88 Å². The van der Waals surface area contributed by atoms with E-state index >= 15 is 0 Å². The molecule has 0 radical (unpaired) electrons. The summed E-state index contributed by atoms with van der Waals surface area (Å²) in [6, 6.07) is 16.0. The van der Waals surface area contributed by atoms with Crippen LogP contribution in [0, 0.1) is 6.92 Å². The minimum Gasteiger partial charge on any atom is -0.325 e. The molecule has 0 spiro atoms. The van der Waals surface area contributed by atoms with Gasteiger partial charge >= 0.3 is 0 Å². The van der Waals surface area contributed by atoms with E-state index in [9.17, 15) is 4.79 Å². The van der Waals surface area contributed by atoms with E-state index in [1.807, 2.05) is 49.5 Å². The van der Waals surface area contributed by atoms with Crippen LogP contribution >= 0.6 is 27.7 Å². The predicted molar refractivity (Wildman–Crippen MR) is 112 cm³/mol. The quantitative estimate of drug-likeness (QED) is 0.535. The molecule has 0 aliphatic rings. The van der Waals surface area contributed by atoms with Crippen molar-refractivity contribution in [2.24, 2.45) is 0 Å². The van der Waals surface area contributed by atoms with Crippen LogP contribution in [-0.2, 0) is 11.3 Å². The lowest BCUT2D eigenvalue weighted by Crippen LogP contribution is -2.14. The molecule has 3 aromatic rings. The van der Waals surface area contributed by atoms with Crippen molar-refractivity contribution in [1.82, 2.24) is 9.55 Å². The van der Waals surface area contributed by atoms with E-state index in [2.05, 4.69) is 49.9 Å². The van der Waals surface area contributed by atoms with Crippen molar-refractivity contribution in [2.75, 3.05) is 11.1 Å². The number of carbonyl (C=O) groups is 1. The largest absolute Gasteiger partial charge is 0.325 e. The third kappa shape index (κ3) is 4.56. The number of hydrogen-bond donors (Lipinski definition) is 1. The molecule has 2 aromatic carbocycles. The summed E-state index contributed by atoms with van der Waals surface area (Å²) >= 11 is 4.91. The molecular formula is C20H20BrN3OS. The Bertz CT molecular complexity index is 888. The molecule has 0 fully saturated rings. The van der Waals surface area contributed by atoms with E-state index in [-0.39, 0.29) is 5.91 Å². The number of rotatable bonds is 6. The number of halogens is 1. The summed E-state index contributed by atoms with van der Waals surface area (Å²) in [5.41, 5.74) is 4.15. The molecule has 0 atom stereocenters. The summed E-state index contributed by atoms with van der Waals surface area (Å²) < 4.78 is 3.18.